The molecule has 0 atom stereocenters. The van der Waals surface area contributed by atoms with Crippen molar-refractivity contribution in [1.29, 1.82) is 0 Å². The third-order valence-corrected chi connectivity index (χ3v) is 5.09. The fourth-order valence-corrected chi connectivity index (χ4v) is 3.81. The quantitative estimate of drug-likeness (QED) is 0.453. The van der Waals surface area contributed by atoms with Crippen molar-refractivity contribution in [2.45, 2.75) is 47.2 Å². The molecule has 0 bridgehead atoms. The number of aryl methyl sites for hydroxylation is 2. The molecular weight excluding hydrogens is 386 g/mol. The number of aromatic amines is 1. The van der Waals surface area contributed by atoms with Crippen LogP contribution in [0.15, 0.2) is 29.1 Å². The zero-order valence-corrected chi connectivity index (χ0v) is 17.6. The van der Waals surface area contributed by atoms with Gasteiger partial charge in [-0.15, -0.1) is 0 Å². The Kier molecular flexibility index (Phi) is 6.05. The van der Waals surface area contributed by atoms with E-state index < -0.39 is 18.4 Å². The molecule has 1 aromatic carbocycles. The highest BCUT2D eigenvalue weighted by molar-refractivity contribution is 6.04. The SMILES string of the molecule is CCCn1c(=O)n(CC(=O)OCC(=O)c2[nH]c(C)c(C(C)=O)c2C)c2ccccc21. The number of aromatic nitrogens is 3. The minimum absolute atomic E-state index is 0.139. The molecule has 3 aromatic rings. The molecule has 30 heavy (non-hydrogen) atoms. The Hall–Kier alpha value is -3.42. The first kappa shape index (κ1) is 21.3. The summed E-state index contributed by atoms with van der Waals surface area (Å²) in [4.78, 5) is 52.2. The Morgan fingerprint density at radius 3 is 2.27 bits per heavy atom. The second kappa shape index (κ2) is 8.52. The van der Waals surface area contributed by atoms with Gasteiger partial charge in [0, 0.05) is 17.8 Å². The number of Topliss-reactive ketones (excluding diaryl/α,β-unsaturated/α-hetero) is 2. The van der Waals surface area contributed by atoms with Gasteiger partial charge in [-0.2, -0.15) is 0 Å². The Bertz CT molecular complexity index is 1200. The fraction of sp³-hybridized carbons (Fsp3) is 0.364. The summed E-state index contributed by atoms with van der Waals surface area (Å²) in [6.07, 6.45) is 0.782. The van der Waals surface area contributed by atoms with Crippen LogP contribution in [0.5, 0.6) is 0 Å². The lowest BCUT2D eigenvalue weighted by atomic mass is 10.1. The van der Waals surface area contributed by atoms with Gasteiger partial charge in [-0.25, -0.2) is 4.79 Å². The summed E-state index contributed by atoms with van der Waals surface area (Å²) in [5.41, 5.74) is 2.97. The summed E-state index contributed by atoms with van der Waals surface area (Å²) in [6.45, 7) is 6.58. The number of nitrogens with one attached hydrogen (secondary N) is 1. The Morgan fingerprint density at radius 2 is 1.70 bits per heavy atom. The number of ether oxygens (including phenoxy) is 1. The van der Waals surface area contributed by atoms with Gasteiger partial charge in [0.2, 0.25) is 5.78 Å². The molecular formula is C22H25N3O5. The van der Waals surface area contributed by atoms with Crippen LogP contribution in [-0.4, -0.2) is 38.3 Å². The highest BCUT2D eigenvalue weighted by atomic mass is 16.5. The molecule has 8 nitrogen and oxygen atoms in total. The van der Waals surface area contributed by atoms with E-state index in [1.165, 1.54) is 11.5 Å². The number of imidazole rings is 1. The van der Waals surface area contributed by atoms with E-state index in [1.54, 1.807) is 30.5 Å². The number of benzene rings is 1. The fourth-order valence-electron chi connectivity index (χ4n) is 3.81. The molecule has 0 aliphatic carbocycles. The van der Waals surface area contributed by atoms with Crippen molar-refractivity contribution >= 4 is 28.6 Å². The number of fused-ring (bicyclic) bond motifs is 1. The van der Waals surface area contributed by atoms with Crippen LogP contribution in [0.1, 0.15) is 52.4 Å². The summed E-state index contributed by atoms with van der Waals surface area (Å²) >= 11 is 0. The van der Waals surface area contributed by atoms with Gasteiger partial charge >= 0.3 is 11.7 Å². The third kappa shape index (κ3) is 3.85. The van der Waals surface area contributed by atoms with Crippen LogP contribution >= 0.6 is 0 Å². The third-order valence-electron chi connectivity index (χ3n) is 5.09. The van der Waals surface area contributed by atoms with Crippen LogP contribution in [0.25, 0.3) is 11.0 Å². The number of hydrogen-bond donors (Lipinski definition) is 1. The number of rotatable bonds is 8. The van der Waals surface area contributed by atoms with Crippen LogP contribution in [-0.2, 0) is 22.6 Å². The first-order valence-electron chi connectivity index (χ1n) is 9.83. The summed E-state index contributed by atoms with van der Waals surface area (Å²) in [6, 6.07) is 7.24. The summed E-state index contributed by atoms with van der Waals surface area (Å²) in [5.74, 6) is -1.25. The molecule has 0 aliphatic heterocycles. The second-order valence-corrected chi connectivity index (χ2v) is 7.27. The number of carbonyl (C=O) groups is 3. The topological polar surface area (TPSA) is 103 Å². The van der Waals surface area contributed by atoms with Crippen molar-refractivity contribution in [3.8, 4) is 0 Å². The molecule has 0 unspecified atom stereocenters. The molecule has 0 saturated heterocycles. The standard InChI is InChI=1S/C22H25N3O5/c1-5-10-24-16-8-6-7-9-17(16)25(22(24)29)11-19(28)30-12-18(27)21-13(2)20(15(4)26)14(3)23-21/h6-9,23H,5,10-12H2,1-4H3. The van der Waals surface area contributed by atoms with Crippen LogP contribution in [0.3, 0.4) is 0 Å². The van der Waals surface area contributed by atoms with Gasteiger partial charge < -0.3 is 9.72 Å². The van der Waals surface area contributed by atoms with Crippen molar-refractivity contribution in [3.05, 3.63) is 57.3 Å². The zero-order valence-electron chi connectivity index (χ0n) is 17.6. The van der Waals surface area contributed by atoms with E-state index in [9.17, 15) is 19.2 Å². The molecule has 158 valence electrons. The normalized spacial score (nSPS) is 11.1. The van der Waals surface area contributed by atoms with Crippen LogP contribution in [0.2, 0.25) is 0 Å². The zero-order chi connectivity index (χ0) is 22.0. The molecule has 0 amide bonds. The number of carbonyl (C=O) groups excluding carboxylic acids is 3. The van der Waals surface area contributed by atoms with Gasteiger partial charge in [0.1, 0.15) is 6.54 Å². The molecule has 1 N–H and O–H groups in total. The molecule has 2 heterocycles. The van der Waals surface area contributed by atoms with Crippen molar-refractivity contribution in [2.24, 2.45) is 0 Å². The van der Waals surface area contributed by atoms with E-state index in [1.807, 2.05) is 19.1 Å². The van der Waals surface area contributed by atoms with Gasteiger partial charge in [-0.05, 0) is 44.9 Å². The molecule has 0 saturated carbocycles. The van der Waals surface area contributed by atoms with E-state index in [2.05, 4.69) is 4.98 Å². The largest absolute Gasteiger partial charge is 0.456 e. The number of ketones is 2. The van der Waals surface area contributed by atoms with Crippen LogP contribution in [0, 0.1) is 13.8 Å². The van der Waals surface area contributed by atoms with Crippen LogP contribution in [0.4, 0.5) is 0 Å². The van der Waals surface area contributed by atoms with Crippen molar-refractivity contribution in [2.75, 3.05) is 6.61 Å². The van der Waals surface area contributed by atoms with E-state index in [0.29, 0.717) is 28.9 Å². The highest BCUT2D eigenvalue weighted by Gasteiger charge is 2.21. The Morgan fingerprint density at radius 1 is 1.07 bits per heavy atom. The summed E-state index contributed by atoms with van der Waals surface area (Å²) in [7, 11) is 0. The molecule has 0 radical (unpaired) electrons. The van der Waals surface area contributed by atoms with Gasteiger partial charge in [-0.1, -0.05) is 19.1 Å². The van der Waals surface area contributed by atoms with Gasteiger partial charge in [-0.3, -0.25) is 23.5 Å². The molecule has 8 heteroatoms. The number of nitrogens with zero attached hydrogens (tertiary/aromatic N) is 2. The number of esters is 1. The Balaban J connectivity index is 1.75. The van der Waals surface area contributed by atoms with Gasteiger partial charge in [0.05, 0.1) is 16.7 Å². The number of hydrogen-bond acceptors (Lipinski definition) is 5. The van der Waals surface area contributed by atoms with Gasteiger partial charge in [0.25, 0.3) is 0 Å². The lowest BCUT2D eigenvalue weighted by molar-refractivity contribution is -0.143. The lowest BCUT2D eigenvalue weighted by Crippen LogP contribution is -2.28. The average Bonchev–Trinajstić information content (AvgIpc) is 3.15. The average molecular weight is 411 g/mol. The molecule has 0 fully saturated rings. The van der Waals surface area contributed by atoms with E-state index in [4.69, 9.17) is 4.74 Å². The number of H-pyrrole nitrogens is 1. The molecule has 2 aromatic heterocycles. The van der Waals surface area contributed by atoms with Crippen molar-refractivity contribution in [1.82, 2.24) is 14.1 Å². The minimum atomic E-state index is -0.683. The maximum Gasteiger partial charge on any atom is 0.329 e. The molecule has 0 spiro atoms. The van der Waals surface area contributed by atoms with E-state index in [-0.39, 0.29) is 23.7 Å². The van der Waals surface area contributed by atoms with E-state index in [0.717, 1.165) is 11.9 Å². The molecule has 3 rings (SSSR count). The Labute approximate surface area is 173 Å². The first-order valence-corrected chi connectivity index (χ1v) is 9.83. The van der Waals surface area contributed by atoms with E-state index >= 15 is 0 Å². The monoisotopic (exact) mass is 411 g/mol. The predicted octanol–water partition coefficient (Wildman–Crippen LogP) is 2.79. The smallest absolute Gasteiger partial charge is 0.329 e. The second-order valence-electron chi connectivity index (χ2n) is 7.27. The first-order chi connectivity index (χ1) is 14.3. The van der Waals surface area contributed by atoms with Gasteiger partial charge in [0.15, 0.2) is 12.4 Å². The maximum atomic E-state index is 12.7. The van der Waals surface area contributed by atoms with Crippen molar-refractivity contribution in [3.63, 3.8) is 0 Å². The highest BCUT2D eigenvalue weighted by Crippen LogP contribution is 2.19. The number of para-hydroxylation sites is 2. The lowest BCUT2D eigenvalue weighted by Gasteiger charge is -2.05. The van der Waals surface area contributed by atoms with Crippen molar-refractivity contribution < 1.29 is 19.1 Å². The predicted molar refractivity (Wildman–Crippen MR) is 112 cm³/mol. The summed E-state index contributed by atoms with van der Waals surface area (Å²) in [5, 5.41) is 0. The molecule has 0 aliphatic rings. The van der Waals surface area contributed by atoms with Crippen LogP contribution < -0.4 is 5.69 Å². The maximum absolute atomic E-state index is 12.7. The minimum Gasteiger partial charge on any atom is -0.456 e. The summed E-state index contributed by atoms with van der Waals surface area (Å²) < 4.78 is 8.12.